The quantitative estimate of drug-likeness (QED) is 0.736. The van der Waals surface area contributed by atoms with Crippen molar-refractivity contribution in [2.24, 2.45) is 0 Å². The molecule has 96 valence electrons. The number of hydrogen-bond acceptors (Lipinski definition) is 1. The first kappa shape index (κ1) is 11.8. The van der Waals surface area contributed by atoms with Gasteiger partial charge in [-0.25, -0.2) is 0 Å². The number of carbonyl (C=O) groups is 1. The molecule has 18 heavy (non-hydrogen) atoms. The molecule has 2 nitrogen and oxygen atoms in total. The van der Waals surface area contributed by atoms with Crippen LogP contribution in [0.3, 0.4) is 0 Å². The molecule has 1 saturated carbocycles. The number of aryl methyl sites for hydroxylation is 2. The van der Waals surface area contributed by atoms with Crippen LogP contribution in [0.15, 0.2) is 12.1 Å². The number of hydrogen-bond donors (Lipinski definition) is 1. The van der Waals surface area contributed by atoms with Crippen LogP contribution < -0.4 is 5.32 Å². The summed E-state index contributed by atoms with van der Waals surface area (Å²) in [5.41, 5.74) is 4.62. The van der Waals surface area contributed by atoms with Crippen LogP contribution in [-0.4, -0.2) is 5.91 Å². The summed E-state index contributed by atoms with van der Waals surface area (Å²) in [5, 5.41) is 3.14. The van der Waals surface area contributed by atoms with Gasteiger partial charge in [-0.05, 0) is 37.8 Å². The van der Waals surface area contributed by atoms with E-state index in [1.165, 1.54) is 42.4 Å². The molecule has 0 radical (unpaired) electrons. The number of benzene rings is 1. The van der Waals surface area contributed by atoms with Crippen LogP contribution in [0.1, 0.15) is 55.2 Å². The Morgan fingerprint density at radius 3 is 2.39 bits per heavy atom. The van der Waals surface area contributed by atoms with Crippen LogP contribution in [0.4, 0.5) is 5.69 Å². The van der Waals surface area contributed by atoms with Crippen molar-refractivity contribution < 1.29 is 4.79 Å². The lowest BCUT2D eigenvalue weighted by Crippen LogP contribution is -2.33. The van der Waals surface area contributed by atoms with Gasteiger partial charge in [0.25, 0.3) is 0 Å². The monoisotopic (exact) mass is 243 g/mol. The maximum atomic E-state index is 12.5. The zero-order chi connectivity index (χ0) is 12.8. The number of rotatable bonds is 0. The van der Waals surface area contributed by atoms with E-state index in [4.69, 9.17) is 0 Å². The lowest BCUT2D eigenvalue weighted by Gasteiger charge is -2.26. The highest BCUT2D eigenvalue weighted by Crippen LogP contribution is 2.47. The van der Waals surface area contributed by atoms with Crippen LogP contribution >= 0.6 is 0 Å². The van der Waals surface area contributed by atoms with E-state index in [2.05, 4.69) is 31.3 Å². The second-order valence-electron chi connectivity index (χ2n) is 5.95. The number of anilines is 1. The smallest absolute Gasteiger partial charge is 0.235 e. The summed E-state index contributed by atoms with van der Waals surface area (Å²) in [6, 6.07) is 4.39. The van der Waals surface area contributed by atoms with Gasteiger partial charge in [0.1, 0.15) is 0 Å². The topological polar surface area (TPSA) is 29.1 Å². The van der Waals surface area contributed by atoms with Crippen LogP contribution in [0.25, 0.3) is 0 Å². The zero-order valence-corrected chi connectivity index (χ0v) is 11.3. The molecule has 1 spiro atoms. The summed E-state index contributed by atoms with van der Waals surface area (Å²) < 4.78 is 0. The normalized spacial score (nSPS) is 21.6. The first-order chi connectivity index (χ1) is 8.63. The average Bonchev–Trinajstić information content (AvgIpc) is 2.53. The molecule has 0 saturated heterocycles. The molecule has 1 aliphatic heterocycles. The first-order valence-corrected chi connectivity index (χ1v) is 7.07. The first-order valence-electron chi connectivity index (χ1n) is 7.07. The molecule has 0 bridgehead atoms. The Morgan fingerprint density at radius 1 is 1.06 bits per heavy atom. The summed E-state index contributed by atoms with van der Waals surface area (Å²) >= 11 is 0. The molecule has 2 aliphatic rings. The van der Waals surface area contributed by atoms with Gasteiger partial charge in [-0.1, -0.05) is 43.4 Å². The van der Waals surface area contributed by atoms with Crippen LogP contribution in [-0.2, 0) is 10.2 Å². The molecule has 2 heteroatoms. The fourth-order valence-corrected chi connectivity index (χ4v) is 3.69. The van der Waals surface area contributed by atoms with Gasteiger partial charge in [-0.2, -0.15) is 0 Å². The van der Waals surface area contributed by atoms with Gasteiger partial charge in [0.2, 0.25) is 5.91 Å². The van der Waals surface area contributed by atoms with Crippen LogP contribution in [0.2, 0.25) is 0 Å². The van der Waals surface area contributed by atoms with Crippen LogP contribution in [0.5, 0.6) is 0 Å². The highest BCUT2D eigenvalue weighted by Gasteiger charge is 2.46. The fraction of sp³-hybridized carbons (Fsp3) is 0.562. The third-order valence-corrected chi connectivity index (χ3v) is 4.63. The molecule has 1 heterocycles. The zero-order valence-electron chi connectivity index (χ0n) is 11.3. The third kappa shape index (κ3) is 1.58. The Balaban J connectivity index is 2.15. The van der Waals surface area contributed by atoms with Gasteiger partial charge in [0.05, 0.1) is 5.41 Å². The van der Waals surface area contributed by atoms with Gasteiger partial charge < -0.3 is 5.32 Å². The molecule has 1 aliphatic carbocycles. The second kappa shape index (κ2) is 4.11. The summed E-state index contributed by atoms with van der Waals surface area (Å²) in [5.74, 6) is 0.244. The molecule has 0 unspecified atom stereocenters. The highest BCUT2D eigenvalue weighted by atomic mass is 16.2. The average molecular weight is 243 g/mol. The summed E-state index contributed by atoms with van der Waals surface area (Å²) in [7, 11) is 0. The second-order valence-corrected chi connectivity index (χ2v) is 5.95. The lowest BCUT2D eigenvalue weighted by molar-refractivity contribution is -0.121. The number of fused-ring (bicyclic) bond motifs is 2. The number of carbonyl (C=O) groups excluding carboxylic acids is 1. The standard InChI is InChI=1S/C16H21NO/c1-11-9-12(2)14-13(10-11)16(15(18)17-14)7-5-3-4-6-8-16/h9-10H,3-8H2,1-2H3,(H,17,18). The molecular weight excluding hydrogens is 222 g/mol. The fourth-order valence-electron chi connectivity index (χ4n) is 3.69. The van der Waals surface area contributed by atoms with E-state index in [-0.39, 0.29) is 11.3 Å². The van der Waals surface area contributed by atoms with E-state index in [1.54, 1.807) is 0 Å². The highest BCUT2D eigenvalue weighted by molar-refractivity contribution is 6.07. The Morgan fingerprint density at radius 2 is 1.72 bits per heavy atom. The van der Waals surface area contributed by atoms with E-state index in [1.807, 2.05) is 0 Å². The minimum Gasteiger partial charge on any atom is -0.325 e. The molecular formula is C16H21NO. The minimum absolute atomic E-state index is 0.220. The van der Waals surface area contributed by atoms with Gasteiger partial charge in [0.15, 0.2) is 0 Å². The largest absolute Gasteiger partial charge is 0.325 e. The summed E-state index contributed by atoms with van der Waals surface area (Å²) in [4.78, 5) is 12.5. The van der Waals surface area contributed by atoms with Crippen molar-refractivity contribution in [3.8, 4) is 0 Å². The van der Waals surface area contributed by atoms with Crippen molar-refractivity contribution in [1.82, 2.24) is 0 Å². The molecule has 1 N–H and O–H groups in total. The van der Waals surface area contributed by atoms with Gasteiger partial charge in [-0.15, -0.1) is 0 Å². The van der Waals surface area contributed by atoms with Gasteiger partial charge >= 0.3 is 0 Å². The van der Waals surface area contributed by atoms with Crippen molar-refractivity contribution in [2.45, 2.75) is 57.8 Å². The summed E-state index contributed by atoms with van der Waals surface area (Å²) in [6.07, 6.45) is 6.95. The SMILES string of the molecule is Cc1cc(C)c2c(c1)C1(CCCCCC1)C(=O)N2. The van der Waals surface area contributed by atoms with E-state index in [9.17, 15) is 4.79 Å². The number of amides is 1. The van der Waals surface area contributed by atoms with Crippen molar-refractivity contribution in [2.75, 3.05) is 5.32 Å². The predicted molar refractivity (Wildman–Crippen MR) is 73.9 cm³/mol. The molecule has 1 aromatic rings. The van der Waals surface area contributed by atoms with Crippen molar-refractivity contribution >= 4 is 11.6 Å². The van der Waals surface area contributed by atoms with Crippen molar-refractivity contribution in [3.05, 3.63) is 28.8 Å². The van der Waals surface area contributed by atoms with Crippen molar-refractivity contribution in [3.63, 3.8) is 0 Å². The van der Waals surface area contributed by atoms with E-state index >= 15 is 0 Å². The van der Waals surface area contributed by atoms with Gasteiger partial charge in [-0.3, -0.25) is 4.79 Å². The third-order valence-electron chi connectivity index (χ3n) is 4.63. The molecule has 0 aromatic heterocycles. The van der Waals surface area contributed by atoms with Crippen LogP contribution in [0, 0.1) is 13.8 Å². The Hall–Kier alpha value is -1.31. The van der Waals surface area contributed by atoms with Gasteiger partial charge in [0, 0.05) is 5.69 Å². The molecule has 3 rings (SSSR count). The Bertz CT molecular complexity index is 496. The molecule has 1 fully saturated rings. The Kier molecular flexibility index (Phi) is 2.69. The van der Waals surface area contributed by atoms with E-state index in [0.717, 1.165) is 18.5 Å². The molecule has 1 amide bonds. The number of nitrogens with one attached hydrogen (secondary N) is 1. The Labute approximate surface area is 109 Å². The minimum atomic E-state index is -0.220. The molecule has 1 aromatic carbocycles. The lowest BCUT2D eigenvalue weighted by atomic mass is 9.74. The molecule has 0 atom stereocenters. The summed E-state index contributed by atoms with van der Waals surface area (Å²) in [6.45, 7) is 4.22. The van der Waals surface area contributed by atoms with Crippen molar-refractivity contribution in [1.29, 1.82) is 0 Å². The van der Waals surface area contributed by atoms with E-state index in [0.29, 0.717) is 0 Å². The maximum Gasteiger partial charge on any atom is 0.235 e. The predicted octanol–water partition coefficient (Wildman–Crippen LogP) is 3.85. The van der Waals surface area contributed by atoms with E-state index < -0.39 is 0 Å². The maximum absolute atomic E-state index is 12.5.